The van der Waals surface area contributed by atoms with E-state index in [9.17, 15) is 9.90 Å². The van der Waals surface area contributed by atoms with Gasteiger partial charge < -0.3 is 30.6 Å². The Morgan fingerprint density at radius 1 is 1.00 bits per heavy atom. The molecule has 0 saturated heterocycles. The molecule has 1 aliphatic rings. The number of hydrogen-bond acceptors (Lipinski definition) is 11. The molecule has 11 nitrogen and oxygen atoms in total. The molecule has 11 heteroatoms. The molecule has 42 heavy (non-hydrogen) atoms. The lowest BCUT2D eigenvalue weighted by atomic mass is 9.95. The standard InChI is InChI=1S/C31H37N7O4/c1-31(2)24-17-21(14-15-22(24)29(40)42-31)34-30-33-18-23(27(36-30)35-25(19-39)20-11-7-6-8-12-20)28-38-37-26(41-28)13-9-4-3-5-10-16-32/h6-8,11-12,14-15,17-18,25,39H,3-5,9-10,13,16,19,32H2,1-2H3,(H2,33,34,35,36)/t25-/m1/s1. The number of anilines is 3. The maximum Gasteiger partial charge on any atom is 0.339 e. The van der Waals surface area contributed by atoms with Crippen molar-refractivity contribution in [1.82, 2.24) is 20.2 Å². The van der Waals surface area contributed by atoms with Crippen molar-refractivity contribution in [2.75, 3.05) is 23.8 Å². The third-order valence-corrected chi connectivity index (χ3v) is 7.27. The van der Waals surface area contributed by atoms with Crippen LogP contribution >= 0.6 is 0 Å². The summed E-state index contributed by atoms with van der Waals surface area (Å²) in [4.78, 5) is 21.5. The zero-order chi connectivity index (χ0) is 29.5. The number of fused-ring (bicyclic) bond motifs is 1. The van der Waals surface area contributed by atoms with Crippen molar-refractivity contribution >= 4 is 23.4 Å². The van der Waals surface area contributed by atoms with Gasteiger partial charge >= 0.3 is 5.97 Å². The van der Waals surface area contributed by atoms with Gasteiger partial charge in [0.05, 0.1) is 23.8 Å². The van der Waals surface area contributed by atoms with E-state index in [4.69, 9.17) is 19.9 Å². The fourth-order valence-corrected chi connectivity index (χ4v) is 4.98. The molecule has 4 aromatic rings. The van der Waals surface area contributed by atoms with Gasteiger partial charge in [0.25, 0.3) is 5.89 Å². The van der Waals surface area contributed by atoms with Crippen molar-refractivity contribution in [3.05, 3.63) is 77.3 Å². The maximum absolute atomic E-state index is 12.2. The van der Waals surface area contributed by atoms with Gasteiger partial charge in [0.15, 0.2) is 0 Å². The second kappa shape index (κ2) is 13.1. The summed E-state index contributed by atoms with van der Waals surface area (Å²) < 4.78 is 11.5. The number of ether oxygens (including phenoxy) is 1. The van der Waals surface area contributed by atoms with E-state index in [0.29, 0.717) is 46.8 Å². The molecule has 5 N–H and O–H groups in total. The van der Waals surface area contributed by atoms with Gasteiger partial charge in [-0.1, -0.05) is 49.6 Å². The number of unbranched alkanes of at least 4 members (excludes halogenated alkanes) is 4. The Balaban J connectivity index is 1.40. The second-order valence-corrected chi connectivity index (χ2v) is 10.8. The van der Waals surface area contributed by atoms with Gasteiger partial charge in [0.2, 0.25) is 11.8 Å². The summed E-state index contributed by atoms with van der Waals surface area (Å²) in [5.74, 6) is 1.24. The lowest BCUT2D eigenvalue weighted by Crippen LogP contribution is -2.17. The molecule has 0 fully saturated rings. The van der Waals surface area contributed by atoms with Gasteiger partial charge in [-0.2, -0.15) is 4.98 Å². The molecule has 0 spiro atoms. The molecular weight excluding hydrogens is 534 g/mol. The van der Waals surface area contributed by atoms with Gasteiger partial charge in [-0.15, -0.1) is 10.2 Å². The molecule has 2 aromatic carbocycles. The Bertz CT molecular complexity index is 1510. The Hall–Kier alpha value is -4.35. The number of aliphatic hydroxyl groups excluding tert-OH is 1. The number of carbonyl (C=O) groups excluding carboxylic acids is 1. The zero-order valence-corrected chi connectivity index (χ0v) is 24.0. The Labute approximate surface area is 244 Å². The van der Waals surface area contributed by atoms with Gasteiger partial charge in [-0.25, -0.2) is 9.78 Å². The lowest BCUT2D eigenvalue weighted by Gasteiger charge is -2.20. The Morgan fingerprint density at radius 2 is 1.79 bits per heavy atom. The first-order chi connectivity index (χ1) is 20.4. The average molecular weight is 572 g/mol. The molecule has 0 unspecified atom stereocenters. The summed E-state index contributed by atoms with van der Waals surface area (Å²) in [5.41, 5.74) is 8.29. The lowest BCUT2D eigenvalue weighted by molar-refractivity contribution is 0.00954. The number of aliphatic hydroxyl groups is 1. The van der Waals surface area contributed by atoms with Crippen LogP contribution < -0.4 is 16.4 Å². The minimum Gasteiger partial charge on any atom is -0.451 e. The van der Waals surface area contributed by atoms with Crippen LogP contribution in [0.5, 0.6) is 0 Å². The highest BCUT2D eigenvalue weighted by Crippen LogP contribution is 2.38. The summed E-state index contributed by atoms with van der Waals surface area (Å²) in [6.07, 6.45) is 7.62. The van der Waals surface area contributed by atoms with Crippen molar-refractivity contribution in [2.45, 2.75) is 64.0 Å². The molecule has 2 aromatic heterocycles. The number of esters is 1. The zero-order valence-electron chi connectivity index (χ0n) is 24.0. The van der Waals surface area contributed by atoms with Crippen LogP contribution in [0.1, 0.15) is 79.4 Å². The summed E-state index contributed by atoms with van der Waals surface area (Å²) in [7, 11) is 0. The van der Waals surface area contributed by atoms with Crippen molar-refractivity contribution in [2.24, 2.45) is 5.73 Å². The summed E-state index contributed by atoms with van der Waals surface area (Å²) in [5, 5.41) is 25.3. The summed E-state index contributed by atoms with van der Waals surface area (Å²) >= 11 is 0. The van der Waals surface area contributed by atoms with Gasteiger partial charge in [-0.05, 0) is 57.0 Å². The number of aromatic nitrogens is 4. The highest BCUT2D eigenvalue weighted by molar-refractivity contribution is 5.95. The number of rotatable bonds is 14. The third-order valence-electron chi connectivity index (χ3n) is 7.27. The van der Waals surface area contributed by atoms with Gasteiger partial charge in [0.1, 0.15) is 11.4 Å². The van der Waals surface area contributed by atoms with Crippen LogP contribution in [0.3, 0.4) is 0 Å². The van der Waals surface area contributed by atoms with E-state index in [2.05, 4.69) is 25.8 Å². The number of carbonyl (C=O) groups is 1. The predicted octanol–water partition coefficient (Wildman–Crippen LogP) is 5.27. The van der Waals surface area contributed by atoms with Crippen LogP contribution in [0.25, 0.3) is 11.5 Å². The second-order valence-electron chi connectivity index (χ2n) is 10.8. The van der Waals surface area contributed by atoms with E-state index in [0.717, 1.165) is 49.8 Å². The quantitative estimate of drug-likeness (QED) is 0.115. The van der Waals surface area contributed by atoms with Gasteiger partial charge in [-0.3, -0.25) is 0 Å². The van der Waals surface area contributed by atoms with E-state index >= 15 is 0 Å². The van der Waals surface area contributed by atoms with Crippen LogP contribution in [0.15, 0.2) is 59.1 Å². The molecule has 1 aliphatic heterocycles. The van der Waals surface area contributed by atoms with Crippen molar-refractivity contribution < 1.29 is 19.1 Å². The van der Waals surface area contributed by atoms with Crippen LogP contribution in [0.2, 0.25) is 0 Å². The van der Waals surface area contributed by atoms with Crippen LogP contribution in [-0.4, -0.2) is 44.4 Å². The molecule has 3 heterocycles. The largest absolute Gasteiger partial charge is 0.451 e. The number of nitrogens with two attached hydrogens (primary N) is 1. The SMILES string of the molecule is CC1(C)OC(=O)c2ccc(Nc3ncc(-c4nnc(CCCCCCCN)o4)c(N[C@H](CO)c4ccccc4)n3)cc21. The number of benzene rings is 2. The Morgan fingerprint density at radius 3 is 2.57 bits per heavy atom. The number of nitrogens with zero attached hydrogens (tertiary/aromatic N) is 4. The Kier molecular flexibility index (Phi) is 9.09. The first-order valence-electron chi connectivity index (χ1n) is 14.3. The van der Waals surface area contributed by atoms with Crippen LogP contribution in [0.4, 0.5) is 17.5 Å². The van der Waals surface area contributed by atoms with Crippen molar-refractivity contribution in [3.8, 4) is 11.5 Å². The molecule has 0 amide bonds. The fourth-order valence-electron chi connectivity index (χ4n) is 4.98. The van der Waals surface area contributed by atoms with Crippen molar-refractivity contribution in [1.29, 1.82) is 0 Å². The third kappa shape index (κ3) is 6.75. The highest BCUT2D eigenvalue weighted by atomic mass is 16.6. The molecular formula is C31H37N7O4. The highest BCUT2D eigenvalue weighted by Gasteiger charge is 2.37. The minimum absolute atomic E-state index is 0.163. The van der Waals surface area contributed by atoms with E-state index < -0.39 is 11.6 Å². The molecule has 0 bridgehead atoms. The van der Waals surface area contributed by atoms with E-state index in [1.54, 1.807) is 18.3 Å². The molecule has 1 atom stereocenters. The monoisotopic (exact) mass is 571 g/mol. The normalized spacial score (nSPS) is 14.3. The van der Waals surface area contributed by atoms with Crippen molar-refractivity contribution in [3.63, 3.8) is 0 Å². The van der Waals surface area contributed by atoms with Gasteiger partial charge in [0, 0.05) is 23.9 Å². The predicted molar refractivity (Wildman–Crippen MR) is 159 cm³/mol. The first-order valence-corrected chi connectivity index (χ1v) is 14.3. The molecule has 0 saturated carbocycles. The van der Waals surface area contributed by atoms with Crippen LogP contribution in [0, 0.1) is 0 Å². The molecule has 0 aliphatic carbocycles. The fraction of sp³-hybridized carbons (Fsp3) is 0.387. The average Bonchev–Trinajstić information content (AvgIpc) is 3.55. The summed E-state index contributed by atoms with van der Waals surface area (Å²) in [6, 6.07) is 14.6. The number of cyclic esters (lactones) is 1. The summed E-state index contributed by atoms with van der Waals surface area (Å²) in [6.45, 7) is 4.27. The molecule has 5 rings (SSSR count). The minimum atomic E-state index is -0.730. The van der Waals surface area contributed by atoms with E-state index in [1.165, 1.54) is 0 Å². The van der Waals surface area contributed by atoms with E-state index in [1.807, 2.05) is 50.2 Å². The number of nitrogens with one attached hydrogen (secondary N) is 2. The van der Waals surface area contributed by atoms with E-state index in [-0.39, 0.29) is 12.6 Å². The van der Waals surface area contributed by atoms with Crippen LogP contribution in [-0.2, 0) is 16.8 Å². The smallest absolute Gasteiger partial charge is 0.339 e. The topological polar surface area (TPSA) is 161 Å². The molecule has 220 valence electrons. The molecule has 0 radical (unpaired) electrons. The maximum atomic E-state index is 12.2. The number of hydrogen-bond donors (Lipinski definition) is 4. The first kappa shape index (κ1) is 29.2. The number of aryl methyl sites for hydroxylation is 1.